The third-order valence-electron chi connectivity index (χ3n) is 6.11. The maximum absolute atomic E-state index is 13.7. The SMILES string of the molecule is C=CC(=O)Nc1cccc(C)c1Nc1cc2c(cn1)cc(-c1c(Cl)c(OC)cc(OC)c1Cl)c(=O)n2CC. The lowest BCUT2D eigenvalue weighted by Crippen LogP contribution is -2.22. The lowest BCUT2D eigenvalue weighted by Gasteiger charge is -2.18. The molecule has 4 aromatic rings. The number of rotatable bonds is 8. The molecule has 2 aromatic heterocycles. The molecule has 0 atom stereocenters. The van der Waals surface area contributed by atoms with Gasteiger partial charge in [0.1, 0.15) is 17.3 Å². The molecule has 4 rings (SSSR count). The Labute approximate surface area is 229 Å². The molecule has 0 saturated carbocycles. The molecular weight excluding hydrogens is 527 g/mol. The maximum Gasteiger partial charge on any atom is 0.259 e. The number of aryl methyl sites for hydroxylation is 2. The minimum atomic E-state index is -0.330. The second-order valence-corrected chi connectivity index (χ2v) is 9.09. The van der Waals surface area contributed by atoms with Crippen molar-refractivity contribution in [3.63, 3.8) is 0 Å². The summed E-state index contributed by atoms with van der Waals surface area (Å²) in [6, 6.07) is 10.6. The Hall–Kier alpha value is -4.01. The van der Waals surface area contributed by atoms with Crippen LogP contribution >= 0.6 is 23.2 Å². The van der Waals surface area contributed by atoms with Gasteiger partial charge >= 0.3 is 0 Å². The van der Waals surface area contributed by atoms with E-state index in [2.05, 4.69) is 22.2 Å². The van der Waals surface area contributed by atoms with Crippen LogP contribution < -0.4 is 25.7 Å². The van der Waals surface area contributed by atoms with E-state index in [0.29, 0.717) is 57.3 Å². The molecule has 1 amide bonds. The first-order chi connectivity index (χ1) is 18.2. The minimum Gasteiger partial charge on any atom is -0.495 e. The second kappa shape index (κ2) is 11.2. The highest BCUT2D eigenvalue weighted by Crippen LogP contribution is 2.45. The van der Waals surface area contributed by atoms with Gasteiger partial charge in [-0.1, -0.05) is 41.9 Å². The molecule has 0 aliphatic carbocycles. The smallest absolute Gasteiger partial charge is 0.259 e. The van der Waals surface area contributed by atoms with Gasteiger partial charge in [0.2, 0.25) is 5.91 Å². The Kier molecular flexibility index (Phi) is 7.94. The number of para-hydroxylation sites is 1. The molecule has 10 heteroatoms. The van der Waals surface area contributed by atoms with E-state index in [-0.39, 0.29) is 21.5 Å². The number of halogens is 2. The summed E-state index contributed by atoms with van der Waals surface area (Å²) in [5.74, 6) is 0.833. The lowest BCUT2D eigenvalue weighted by atomic mass is 10.0. The van der Waals surface area contributed by atoms with Crippen LogP contribution in [0.25, 0.3) is 22.0 Å². The van der Waals surface area contributed by atoms with Crippen LogP contribution in [-0.4, -0.2) is 29.7 Å². The fourth-order valence-corrected chi connectivity index (χ4v) is 4.91. The molecule has 0 bridgehead atoms. The van der Waals surface area contributed by atoms with E-state index in [1.807, 2.05) is 26.0 Å². The maximum atomic E-state index is 13.7. The topological polar surface area (TPSA) is 94.5 Å². The summed E-state index contributed by atoms with van der Waals surface area (Å²) in [4.78, 5) is 30.2. The zero-order valence-corrected chi connectivity index (χ0v) is 22.8. The summed E-state index contributed by atoms with van der Waals surface area (Å²) in [5.41, 5.74) is 3.14. The van der Waals surface area contributed by atoms with Gasteiger partial charge in [-0.15, -0.1) is 0 Å². The number of nitrogens with one attached hydrogen (secondary N) is 2. The van der Waals surface area contributed by atoms with Crippen LogP contribution in [0.3, 0.4) is 0 Å². The average Bonchev–Trinajstić information content (AvgIpc) is 2.91. The molecule has 0 aliphatic heterocycles. The number of methoxy groups -OCH3 is 2. The number of pyridine rings is 2. The van der Waals surface area contributed by atoms with Crippen molar-refractivity contribution in [2.45, 2.75) is 20.4 Å². The van der Waals surface area contributed by atoms with E-state index < -0.39 is 0 Å². The lowest BCUT2D eigenvalue weighted by molar-refractivity contribution is -0.111. The normalized spacial score (nSPS) is 10.8. The first kappa shape index (κ1) is 27.0. The summed E-state index contributed by atoms with van der Waals surface area (Å²) >= 11 is 13.2. The molecule has 0 spiro atoms. The largest absolute Gasteiger partial charge is 0.495 e. The molecule has 0 radical (unpaired) electrons. The number of amides is 1. The number of ether oxygens (including phenoxy) is 2. The molecule has 2 N–H and O–H groups in total. The van der Waals surface area contributed by atoms with Gasteiger partial charge in [0, 0.05) is 35.8 Å². The molecule has 0 fully saturated rings. The molecule has 2 heterocycles. The highest BCUT2D eigenvalue weighted by molar-refractivity contribution is 6.41. The number of aromatic nitrogens is 2. The van der Waals surface area contributed by atoms with E-state index in [1.54, 1.807) is 35.0 Å². The van der Waals surface area contributed by atoms with Crippen LogP contribution in [0.4, 0.5) is 17.2 Å². The van der Waals surface area contributed by atoms with Gasteiger partial charge in [-0.05, 0) is 37.6 Å². The van der Waals surface area contributed by atoms with Gasteiger partial charge in [0.05, 0.1) is 46.7 Å². The summed E-state index contributed by atoms with van der Waals surface area (Å²) in [6.45, 7) is 7.68. The third kappa shape index (κ3) is 4.92. The number of carbonyl (C=O) groups is 1. The predicted octanol–water partition coefficient (Wildman–Crippen LogP) is 6.58. The van der Waals surface area contributed by atoms with Crippen LogP contribution in [0.2, 0.25) is 10.0 Å². The zero-order valence-electron chi connectivity index (χ0n) is 21.3. The molecule has 0 aliphatic rings. The fraction of sp³-hybridized carbons (Fsp3) is 0.179. The van der Waals surface area contributed by atoms with Crippen molar-refractivity contribution in [1.82, 2.24) is 9.55 Å². The fourth-order valence-electron chi connectivity index (χ4n) is 4.21. The zero-order chi connectivity index (χ0) is 27.6. The summed E-state index contributed by atoms with van der Waals surface area (Å²) in [6.07, 6.45) is 2.86. The van der Waals surface area contributed by atoms with Crippen LogP contribution in [-0.2, 0) is 11.3 Å². The molecule has 0 saturated heterocycles. The van der Waals surface area contributed by atoms with Gasteiger partial charge < -0.3 is 24.7 Å². The van der Waals surface area contributed by atoms with Crippen LogP contribution in [0.5, 0.6) is 11.5 Å². The second-order valence-electron chi connectivity index (χ2n) is 8.34. The summed E-state index contributed by atoms with van der Waals surface area (Å²) < 4.78 is 12.4. The standard InChI is InChI=1S/C28H26Cl2N4O4/c1-6-23(35)32-18-10-8-9-15(3)27(18)33-22-12-19-16(14-31-22)11-17(28(36)34(19)7-2)24-25(29)20(37-4)13-21(38-5)26(24)30/h6,8-14H,1,7H2,2-5H3,(H,31,33)(H,32,35). The van der Waals surface area contributed by atoms with Crippen molar-refractivity contribution >= 4 is 57.2 Å². The Morgan fingerprint density at radius 2 is 1.82 bits per heavy atom. The van der Waals surface area contributed by atoms with Crippen molar-refractivity contribution in [1.29, 1.82) is 0 Å². The van der Waals surface area contributed by atoms with Crippen LogP contribution in [0, 0.1) is 6.92 Å². The average molecular weight is 553 g/mol. The quantitative estimate of drug-likeness (QED) is 0.239. The van der Waals surface area contributed by atoms with Crippen LogP contribution in [0.15, 0.2) is 60.0 Å². The number of benzene rings is 2. The number of hydrogen-bond acceptors (Lipinski definition) is 6. The van der Waals surface area contributed by atoms with E-state index in [1.165, 1.54) is 20.3 Å². The number of fused-ring (bicyclic) bond motifs is 1. The van der Waals surface area contributed by atoms with E-state index >= 15 is 0 Å². The number of anilines is 3. The number of hydrogen-bond donors (Lipinski definition) is 2. The molecule has 8 nitrogen and oxygen atoms in total. The van der Waals surface area contributed by atoms with Crippen LogP contribution in [0.1, 0.15) is 12.5 Å². The Bertz CT molecular complexity index is 1600. The molecule has 38 heavy (non-hydrogen) atoms. The first-order valence-corrected chi connectivity index (χ1v) is 12.4. The van der Waals surface area contributed by atoms with E-state index in [4.69, 9.17) is 32.7 Å². The van der Waals surface area contributed by atoms with Crippen molar-refractivity contribution in [3.05, 3.63) is 81.2 Å². The van der Waals surface area contributed by atoms with Gasteiger partial charge in [-0.3, -0.25) is 9.59 Å². The minimum absolute atomic E-state index is 0.206. The predicted molar refractivity (Wildman–Crippen MR) is 154 cm³/mol. The number of carbonyl (C=O) groups excluding carboxylic acids is 1. The highest BCUT2D eigenvalue weighted by atomic mass is 35.5. The van der Waals surface area contributed by atoms with Crippen molar-refractivity contribution in [3.8, 4) is 22.6 Å². The molecular formula is C28H26Cl2N4O4. The third-order valence-corrected chi connectivity index (χ3v) is 6.86. The van der Waals surface area contributed by atoms with E-state index in [9.17, 15) is 9.59 Å². The van der Waals surface area contributed by atoms with Gasteiger partial charge in [0.15, 0.2) is 0 Å². The van der Waals surface area contributed by atoms with E-state index in [0.717, 1.165) is 5.56 Å². The highest BCUT2D eigenvalue weighted by Gasteiger charge is 2.22. The Morgan fingerprint density at radius 3 is 2.42 bits per heavy atom. The van der Waals surface area contributed by atoms with Gasteiger partial charge in [-0.25, -0.2) is 4.98 Å². The van der Waals surface area contributed by atoms with Gasteiger partial charge in [0.25, 0.3) is 5.56 Å². The molecule has 0 unspecified atom stereocenters. The monoisotopic (exact) mass is 552 g/mol. The van der Waals surface area contributed by atoms with Gasteiger partial charge in [-0.2, -0.15) is 0 Å². The van der Waals surface area contributed by atoms with Crippen molar-refractivity contribution < 1.29 is 14.3 Å². The van der Waals surface area contributed by atoms with Crippen molar-refractivity contribution in [2.24, 2.45) is 0 Å². The summed E-state index contributed by atoms with van der Waals surface area (Å²) in [5, 5.41) is 7.19. The Balaban J connectivity index is 1.87. The first-order valence-electron chi connectivity index (χ1n) is 11.7. The Morgan fingerprint density at radius 1 is 1.13 bits per heavy atom. The molecule has 196 valence electrons. The summed E-state index contributed by atoms with van der Waals surface area (Å²) in [7, 11) is 2.95. The van der Waals surface area contributed by atoms with Crippen molar-refractivity contribution in [2.75, 3.05) is 24.9 Å². The number of nitrogens with zero attached hydrogens (tertiary/aromatic N) is 2. The molecule has 2 aromatic carbocycles.